The number of nitrogens with zero attached hydrogens (tertiary/aromatic N) is 2. The van der Waals surface area contributed by atoms with Gasteiger partial charge in [-0.3, -0.25) is 19.0 Å². The van der Waals surface area contributed by atoms with E-state index in [0.717, 1.165) is 18.5 Å². The van der Waals surface area contributed by atoms with Gasteiger partial charge in [0.05, 0.1) is 56.3 Å². The largest absolute Gasteiger partial charge is 0.391 e. The second-order valence-corrected chi connectivity index (χ2v) is 9.78. The SMILES string of the molecule is NCCOCCOCCNC(=O)CCCc1cc2ncn(CC(=O)C[C@@H]3NCCC[C@H]3O)c(=O)c2cc1Cl. The van der Waals surface area contributed by atoms with E-state index in [1.165, 1.54) is 10.9 Å². The van der Waals surface area contributed by atoms with Crippen LogP contribution in [0.15, 0.2) is 23.3 Å². The average molecular weight is 552 g/mol. The number of ether oxygens (including phenoxy) is 2. The minimum atomic E-state index is -0.561. The molecule has 1 saturated heterocycles. The van der Waals surface area contributed by atoms with Crippen molar-refractivity contribution in [1.82, 2.24) is 20.2 Å². The van der Waals surface area contributed by atoms with Crippen LogP contribution in [0.5, 0.6) is 0 Å². The summed E-state index contributed by atoms with van der Waals surface area (Å²) in [6.45, 7) is 3.38. The molecule has 0 spiro atoms. The molecular weight excluding hydrogens is 514 g/mol. The van der Waals surface area contributed by atoms with Gasteiger partial charge >= 0.3 is 0 Å². The number of amides is 1. The van der Waals surface area contributed by atoms with Gasteiger partial charge in [0.2, 0.25) is 5.91 Å². The number of halogens is 1. The standard InChI is InChI=1S/C26H38ClN5O6/c27-21-15-20-22(13-18(21)3-1-5-25(35)30-8-10-38-12-11-37-9-6-28)31-17-32(26(20)36)16-19(33)14-23-24(34)4-2-7-29-23/h13,15,17,23-24,29,34H,1-12,14,16,28H2,(H,30,35)/t23-,24+/m0/s1. The highest BCUT2D eigenvalue weighted by Crippen LogP contribution is 2.23. The number of aromatic nitrogens is 2. The van der Waals surface area contributed by atoms with Crippen LogP contribution in [0.25, 0.3) is 10.9 Å². The number of hydrogen-bond acceptors (Lipinski definition) is 9. The van der Waals surface area contributed by atoms with Crippen LogP contribution in [0.1, 0.15) is 37.7 Å². The zero-order chi connectivity index (χ0) is 27.3. The van der Waals surface area contributed by atoms with Gasteiger partial charge in [0, 0.05) is 37.0 Å². The first-order chi connectivity index (χ1) is 18.4. The van der Waals surface area contributed by atoms with E-state index in [4.69, 9.17) is 26.8 Å². The summed E-state index contributed by atoms with van der Waals surface area (Å²) in [6, 6.07) is 3.04. The van der Waals surface area contributed by atoms with Crippen molar-refractivity contribution in [2.24, 2.45) is 5.73 Å². The van der Waals surface area contributed by atoms with E-state index in [-0.39, 0.29) is 36.3 Å². The lowest BCUT2D eigenvalue weighted by atomic mass is 9.97. The highest BCUT2D eigenvalue weighted by Gasteiger charge is 2.25. The Bertz CT molecular complexity index is 1130. The predicted molar refractivity (Wildman–Crippen MR) is 144 cm³/mol. The van der Waals surface area contributed by atoms with Gasteiger partial charge in [0.25, 0.3) is 5.56 Å². The summed E-state index contributed by atoms with van der Waals surface area (Å²) < 4.78 is 11.9. The summed E-state index contributed by atoms with van der Waals surface area (Å²) in [7, 11) is 0. The topological polar surface area (TPSA) is 158 Å². The molecule has 0 bridgehead atoms. The number of carbonyl (C=O) groups is 2. The second kappa shape index (κ2) is 15.9. The monoisotopic (exact) mass is 551 g/mol. The molecule has 1 aromatic carbocycles. The number of piperidine rings is 1. The Morgan fingerprint density at radius 3 is 2.79 bits per heavy atom. The summed E-state index contributed by atoms with van der Waals surface area (Å²) in [5.41, 5.74) is 6.27. The number of hydrogen-bond donors (Lipinski definition) is 4. The van der Waals surface area contributed by atoms with Crippen LogP contribution >= 0.6 is 11.6 Å². The zero-order valence-corrected chi connectivity index (χ0v) is 22.4. The Labute approximate surface area is 227 Å². The molecule has 0 radical (unpaired) electrons. The Balaban J connectivity index is 1.46. The van der Waals surface area contributed by atoms with Crippen LogP contribution in [0, 0.1) is 0 Å². The fourth-order valence-corrected chi connectivity index (χ4v) is 4.62. The third-order valence-corrected chi connectivity index (χ3v) is 6.74. The summed E-state index contributed by atoms with van der Waals surface area (Å²) in [5, 5.41) is 16.8. The van der Waals surface area contributed by atoms with Crippen LogP contribution in [0.4, 0.5) is 0 Å². The van der Waals surface area contributed by atoms with Gasteiger partial charge in [-0.05, 0) is 49.9 Å². The van der Waals surface area contributed by atoms with Crippen LogP contribution in [-0.4, -0.2) is 84.6 Å². The molecule has 0 aliphatic carbocycles. The summed E-state index contributed by atoms with van der Waals surface area (Å²) in [4.78, 5) is 42.0. The molecular formula is C26H38ClN5O6. The molecule has 210 valence electrons. The highest BCUT2D eigenvalue weighted by molar-refractivity contribution is 6.32. The number of nitrogens with one attached hydrogen (secondary N) is 2. The lowest BCUT2D eigenvalue weighted by molar-refractivity contribution is -0.122. The molecule has 3 rings (SSSR count). The quantitative estimate of drug-likeness (QED) is 0.219. The molecule has 1 amide bonds. The lowest BCUT2D eigenvalue weighted by Gasteiger charge is -2.28. The van der Waals surface area contributed by atoms with Crippen LogP contribution < -0.4 is 21.9 Å². The van der Waals surface area contributed by atoms with E-state index < -0.39 is 6.10 Å². The number of carbonyl (C=O) groups excluding carboxylic acids is 2. The number of ketones is 1. The molecule has 12 heteroatoms. The number of rotatable bonds is 16. The first-order valence-electron chi connectivity index (χ1n) is 13.1. The van der Waals surface area contributed by atoms with Gasteiger partial charge < -0.3 is 30.9 Å². The van der Waals surface area contributed by atoms with Crippen molar-refractivity contribution in [3.05, 3.63) is 39.4 Å². The molecule has 2 aromatic rings. The maximum Gasteiger partial charge on any atom is 0.261 e. The summed E-state index contributed by atoms with van der Waals surface area (Å²) in [5.74, 6) is -0.234. The molecule has 2 atom stereocenters. The van der Waals surface area contributed by atoms with E-state index in [0.29, 0.717) is 81.1 Å². The molecule has 2 heterocycles. The fraction of sp³-hybridized carbons (Fsp3) is 0.615. The molecule has 11 nitrogen and oxygen atoms in total. The summed E-state index contributed by atoms with van der Waals surface area (Å²) >= 11 is 6.44. The normalized spacial score (nSPS) is 17.6. The number of benzene rings is 1. The van der Waals surface area contributed by atoms with Crippen molar-refractivity contribution < 1.29 is 24.2 Å². The molecule has 38 heavy (non-hydrogen) atoms. The van der Waals surface area contributed by atoms with E-state index in [2.05, 4.69) is 15.6 Å². The molecule has 0 saturated carbocycles. The molecule has 0 unspecified atom stereocenters. The van der Waals surface area contributed by atoms with Gasteiger partial charge in [0.15, 0.2) is 5.78 Å². The molecule has 1 aliphatic rings. The number of aryl methyl sites for hydroxylation is 1. The third-order valence-electron chi connectivity index (χ3n) is 6.39. The van der Waals surface area contributed by atoms with E-state index in [1.54, 1.807) is 12.1 Å². The van der Waals surface area contributed by atoms with E-state index in [1.807, 2.05) is 0 Å². The number of aliphatic hydroxyl groups is 1. The van der Waals surface area contributed by atoms with Crippen molar-refractivity contribution in [3.8, 4) is 0 Å². The summed E-state index contributed by atoms with van der Waals surface area (Å²) in [6.07, 6.45) is 3.95. The number of nitrogens with two attached hydrogens (primary N) is 1. The van der Waals surface area contributed by atoms with Crippen molar-refractivity contribution in [2.75, 3.05) is 46.1 Å². The van der Waals surface area contributed by atoms with Gasteiger partial charge in [0.1, 0.15) is 0 Å². The molecule has 1 aromatic heterocycles. The van der Waals surface area contributed by atoms with Crippen LogP contribution in [0.2, 0.25) is 5.02 Å². The smallest absolute Gasteiger partial charge is 0.261 e. The Morgan fingerprint density at radius 1 is 1.24 bits per heavy atom. The van der Waals surface area contributed by atoms with Crippen LogP contribution in [-0.2, 0) is 32.0 Å². The van der Waals surface area contributed by atoms with Gasteiger partial charge in [-0.1, -0.05) is 11.6 Å². The Morgan fingerprint density at radius 2 is 2.03 bits per heavy atom. The number of Topliss-reactive ketones (excluding diaryl/α,β-unsaturated/α-hetero) is 1. The van der Waals surface area contributed by atoms with Gasteiger partial charge in [-0.25, -0.2) is 4.98 Å². The molecule has 5 N–H and O–H groups in total. The fourth-order valence-electron chi connectivity index (χ4n) is 4.37. The maximum absolute atomic E-state index is 13.0. The van der Waals surface area contributed by atoms with E-state index in [9.17, 15) is 19.5 Å². The predicted octanol–water partition coefficient (Wildman–Crippen LogP) is 0.553. The van der Waals surface area contributed by atoms with E-state index >= 15 is 0 Å². The van der Waals surface area contributed by atoms with Crippen molar-refractivity contribution >= 4 is 34.2 Å². The van der Waals surface area contributed by atoms with Gasteiger partial charge in [-0.15, -0.1) is 0 Å². The number of aliphatic hydroxyl groups excluding tert-OH is 1. The first kappa shape index (κ1) is 30.1. The van der Waals surface area contributed by atoms with Gasteiger partial charge in [-0.2, -0.15) is 0 Å². The third kappa shape index (κ3) is 9.40. The van der Waals surface area contributed by atoms with Crippen LogP contribution in [0.3, 0.4) is 0 Å². The average Bonchev–Trinajstić information content (AvgIpc) is 2.89. The lowest BCUT2D eigenvalue weighted by Crippen LogP contribution is -2.46. The van der Waals surface area contributed by atoms with Crippen molar-refractivity contribution in [3.63, 3.8) is 0 Å². The van der Waals surface area contributed by atoms with Crippen molar-refractivity contribution in [2.45, 2.75) is 57.2 Å². The minimum absolute atomic E-state index is 0.0773. The number of fused-ring (bicyclic) bond motifs is 1. The highest BCUT2D eigenvalue weighted by atomic mass is 35.5. The Hall–Kier alpha value is -2.41. The second-order valence-electron chi connectivity index (χ2n) is 9.37. The van der Waals surface area contributed by atoms with Crippen molar-refractivity contribution in [1.29, 1.82) is 0 Å². The minimum Gasteiger partial charge on any atom is -0.391 e. The molecule has 1 aliphatic heterocycles. The Kier molecular flexibility index (Phi) is 12.6. The molecule has 1 fully saturated rings. The first-order valence-corrected chi connectivity index (χ1v) is 13.5. The maximum atomic E-state index is 13.0. The zero-order valence-electron chi connectivity index (χ0n) is 21.6.